The number of rotatable bonds is 10. The number of aliphatic hydroxyl groups is 10. The normalized spacial score (nSPS) is 19.6. The van der Waals surface area contributed by atoms with Gasteiger partial charge in [-0.25, -0.2) is 0 Å². The van der Waals surface area contributed by atoms with Crippen LogP contribution in [0.5, 0.6) is 0 Å². The van der Waals surface area contributed by atoms with Crippen LogP contribution in [0.15, 0.2) is 0 Å². The monoisotopic (exact) mass is 418 g/mol. The van der Waals surface area contributed by atoms with Crippen LogP contribution < -0.4 is 10.2 Å². The Labute approximate surface area is 156 Å². The Hall–Kier alpha value is -1.24. The van der Waals surface area contributed by atoms with Crippen LogP contribution >= 0.6 is 0 Å². The standard InChI is InChI=1S/2C6H12O7.Si/c2*7-1-2(8)3(9)4(10)5(11)6(12)13;/h2*2-5,7-11H,1H2,(H,12,13);/q;;+2/p-2/t2*2-,3-,4+,5-;/m11./s1. The summed E-state index contributed by atoms with van der Waals surface area (Å²) in [7, 11) is 0. The fraction of sp³-hybridized carbons (Fsp3) is 0.833. The number of carbonyl (C=O) groups is 2. The lowest BCUT2D eigenvalue weighted by atomic mass is 10.0. The molecule has 158 valence electrons. The van der Waals surface area contributed by atoms with Crippen molar-refractivity contribution < 1.29 is 70.9 Å². The number of hydrogen-bond donors (Lipinski definition) is 10. The zero-order valence-corrected chi connectivity index (χ0v) is 14.6. The van der Waals surface area contributed by atoms with E-state index in [4.69, 9.17) is 51.1 Å². The maximum atomic E-state index is 9.98. The lowest BCUT2D eigenvalue weighted by Gasteiger charge is -2.25. The molecule has 0 aromatic carbocycles. The predicted molar refractivity (Wildman–Crippen MR) is 78.0 cm³/mol. The molecule has 0 spiro atoms. The van der Waals surface area contributed by atoms with Crippen molar-refractivity contribution in [1.29, 1.82) is 0 Å². The first-order chi connectivity index (χ1) is 11.8. The summed E-state index contributed by atoms with van der Waals surface area (Å²) in [6.07, 6.45) is -16.2. The van der Waals surface area contributed by atoms with Crippen molar-refractivity contribution >= 4 is 22.9 Å². The van der Waals surface area contributed by atoms with Crippen LogP contribution in [0.2, 0.25) is 0 Å². The molecule has 0 aliphatic rings. The number of carboxylic acids is 2. The number of aliphatic carboxylic acids is 2. The van der Waals surface area contributed by atoms with Crippen molar-refractivity contribution in [3.05, 3.63) is 0 Å². The quantitative estimate of drug-likeness (QED) is 0.147. The third-order valence-electron chi connectivity index (χ3n) is 2.99. The van der Waals surface area contributed by atoms with E-state index in [1.165, 1.54) is 0 Å². The van der Waals surface area contributed by atoms with Gasteiger partial charge in [0.2, 0.25) is 0 Å². The van der Waals surface area contributed by atoms with Crippen LogP contribution in [0, 0.1) is 0 Å². The Morgan fingerprint density at radius 3 is 0.963 bits per heavy atom. The summed E-state index contributed by atoms with van der Waals surface area (Å²) in [5.41, 5.74) is 0. The molecule has 0 aromatic rings. The van der Waals surface area contributed by atoms with Gasteiger partial charge in [-0.2, -0.15) is 0 Å². The van der Waals surface area contributed by atoms with E-state index in [1.807, 2.05) is 0 Å². The molecule has 0 aliphatic carbocycles. The van der Waals surface area contributed by atoms with Gasteiger partial charge >= 0.3 is 11.0 Å². The third kappa shape index (κ3) is 10.6. The minimum Gasteiger partial charge on any atom is -0.547 e. The molecule has 2 radical (unpaired) electrons. The van der Waals surface area contributed by atoms with E-state index in [0.717, 1.165) is 0 Å². The largest absolute Gasteiger partial charge is 2.00 e. The fourth-order valence-corrected chi connectivity index (χ4v) is 1.32. The second-order valence-corrected chi connectivity index (χ2v) is 4.99. The molecular formula is C12H22O14Si. The van der Waals surface area contributed by atoms with Crippen LogP contribution in [0.1, 0.15) is 0 Å². The van der Waals surface area contributed by atoms with Gasteiger partial charge in [0.1, 0.15) is 48.8 Å². The summed E-state index contributed by atoms with van der Waals surface area (Å²) in [6.45, 7) is -1.73. The van der Waals surface area contributed by atoms with Crippen molar-refractivity contribution in [3.63, 3.8) is 0 Å². The third-order valence-corrected chi connectivity index (χ3v) is 2.99. The van der Waals surface area contributed by atoms with E-state index < -0.39 is 74.0 Å². The average molecular weight is 418 g/mol. The highest BCUT2D eigenvalue weighted by Gasteiger charge is 2.31. The summed E-state index contributed by atoms with van der Waals surface area (Å²) in [5.74, 6) is -3.95. The van der Waals surface area contributed by atoms with E-state index in [9.17, 15) is 19.8 Å². The second-order valence-electron chi connectivity index (χ2n) is 4.99. The minimum atomic E-state index is -2.31. The van der Waals surface area contributed by atoms with E-state index in [-0.39, 0.29) is 11.0 Å². The highest BCUT2D eigenvalue weighted by atomic mass is 28.1. The average Bonchev–Trinajstić information content (AvgIpc) is 2.62. The van der Waals surface area contributed by atoms with Gasteiger partial charge < -0.3 is 70.9 Å². The Morgan fingerprint density at radius 2 is 0.815 bits per heavy atom. The molecule has 15 heteroatoms. The molecule has 0 unspecified atom stereocenters. The second kappa shape index (κ2) is 14.8. The summed E-state index contributed by atoms with van der Waals surface area (Å²) >= 11 is 0. The van der Waals surface area contributed by atoms with E-state index in [2.05, 4.69) is 0 Å². The highest BCUT2D eigenvalue weighted by molar-refractivity contribution is 5.75. The van der Waals surface area contributed by atoms with Gasteiger partial charge in [-0.05, 0) is 0 Å². The van der Waals surface area contributed by atoms with Gasteiger partial charge in [-0.1, -0.05) is 0 Å². The Balaban J connectivity index is -0.000000411. The van der Waals surface area contributed by atoms with Crippen molar-refractivity contribution in [3.8, 4) is 0 Å². The molecule has 0 saturated carbocycles. The van der Waals surface area contributed by atoms with E-state index in [1.54, 1.807) is 0 Å². The molecule has 0 saturated heterocycles. The summed E-state index contributed by atoms with van der Waals surface area (Å²) in [6, 6.07) is 0. The fourth-order valence-electron chi connectivity index (χ4n) is 1.32. The van der Waals surface area contributed by atoms with Crippen LogP contribution in [-0.2, 0) is 9.59 Å². The topological polar surface area (TPSA) is 283 Å². The molecule has 0 aliphatic heterocycles. The first-order valence-corrected chi connectivity index (χ1v) is 6.91. The van der Waals surface area contributed by atoms with Crippen molar-refractivity contribution in [2.75, 3.05) is 13.2 Å². The van der Waals surface area contributed by atoms with E-state index >= 15 is 0 Å². The molecule has 27 heavy (non-hydrogen) atoms. The van der Waals surface area contributed by atoms with Crippen LogP contribution in [-0.4, -0.2) is 136 Å². The summed E-state index contributed by atoms with van der Waals surface area (Å²) < 4.78 is 0. The molecule has 0 bridgehead atoms. The first kappa shape index (κ1) is 30.5. The number of carboxylic acid groups (broad SMARTS) is 2. The number of carbonyl (C=O) groups excluding carboxylic acids is 2. The Morgan fingerprint density at radius 1 is 0.593 bits per heavy atom. The van der Waals surface area contributed by atoms with Crippen LogP contribution in [0.3, 0.4) is 0 Å². The molecule has 0 aromatic heterocycles. The molecule has 14 nitrogen and oxygen atoms in total. The molecule has 0 fully saturated rings. The molecule has 0 amide bonds. The molecule has 8 atom stereocenters. The van der Waals surface area contributed by atoms with Crippen LogP contribution in [0.4, 0.5) is 0 Å². The number of aliphatic hydroxyl groups excluding tert-OH is 10. The van der Waals surface area contributed by atoms with Gasteiger partial charge in [-0.3, -0.25) is 0 Å². The SMILES string of the molecule is O=C([O-])[C@H](O)[C@@H](O)[C@H](O)[C@H](O)CO.O=C([O-])[C@H](O)[C@@H](O)[C@H](O)[C@H](O)CO.[Si+2]. The minimum absolute atomic E-state index is 0. The molecule has 10 N–H and O–H groups in total. The van der Waals surface area contributed by atoms with Crippen molar-refractivity contribution in [1.82, 2.24) is 0 Å². The predicted octanol–water partition coefficient (Wildman–Crippen LogP) is -10.0. The molecular weight excluding hydrogens is 396 g/mol. The van der Waals surface area contributed by atoms with Gasteiger partial charge in [0.05, 0.1) is 25.2 Å². The Kier molecular flexibility index (Phi) is 16.7. The van der Waals surface area contributed by atoms with Crippen molar-refractivity contribution in [2.45, 2.75) is 48.8 Å². The molecule has 0 heterocycles. The Bertz CT molecular complexity index is 385. The highest BCUT2D eigenvalue weighted by Crippen LogP contribution is 2.05. The summed E-state index contributed by atoms with van der Waals surface area (Å²) in [5, 5.41) is 107. The van der Waals surface area contributed by atoms with Gasteiger partial charge in [0.15, 0.2) is 0 Å². The number of hydrogen-bond acceptors (Lipinski definition) is 14. The van der Waals surface area contributed by atoms with Crippen molar-refractivity contribution in [2.24, 2.45) is 0 Å². The smallest absolute Gasteiger partial charge is 0.547 e. The maximum absolute atomic E-state index is 9.98. The summed E-state index contributed by atoms with van der Waals surface area (Å²) in [4.78, 5) is 20.0. The maximum Gasteiger partial charge on any atom is 2.00 e. The zero-order valence-electron chi connectivity index (χ0n) is 13.6. The van der Waals surface area contributed by atoms with Crippen LogP contribution in [0.25, 0.3) is 0 Å². The molecule has 0 rings (SSSR count). The van der Waals surface area contributed by atoms with Gasteiger partial charge in [0, 0.05) is 0 Å². The van der Waals surface area contributed by atoms with Gasteiger partial charge in [-0.15, -0.1) is 0 Å². The van der Waals surface area contributed by atoms with Gasteiger partial charge in [0.25, 0.3) is 0 Å². The van der Waals surface area contributed by atoms with E-state index in [0.29, 0.717) is 0 Å². The lowest BCUT2D eigenvalue weighted by Crippen LogP contribution is -2.52. The first-order valence-electron chi connectivity index (χ1n) is 6.91. The lowest BCUT2D eigenvalue weighted by molar-refractivity contribution is -0.321. The zero-order chi connectivity index (χ0) is 21.2.